The number of halogens is 1. The lowest BCUT2D eigenvalue weighted by Gasteiger charge is -2.26. The van der Waals surface area contributed by atoms with Crippen molar-refractivity contribution >= 4 is 17.5 Å². The van der Waals surface area contributed by atoms with Crippen molar-refractivity contribution in [1.29, 1.82) is 0 Å². The summed E-state index contributed by atoms with van der Waals surface area (Å²) >= 11 is 6.04. The Balaban J connectivity index is 1.69. The molecule has 1 fully saturated rings. The summed E-state index contributed by atoms with van der Waals surface area (Å²) in [5, 5.41) is 4.67. The molecule has 2 heterocycles. The van der Waals surface area contributed by atoms with Crippen molar-refractivity contribution in [3.63, 3.8) is 0 Å². The third kappa shape index (κ3) is 3.23. The zero-order valence-electron chi connectivity index (χ0n) is 11.9. The van der Waals surface area contributed by atoms with Gasteiger partial charge in [-0.2, -0.15) is 5.10 Å². The second-order valence-electron chi connectivity index (χ2n) is 4.82. The molecule has 116 valence electrons. The Bertz CT molecular complexity index is 653. The average Bonchev–Trinajstić information content (AvgIpc) is 3.03. The molecule has 1 aliphatic rings. The molecule has 7 heteroatoms. The van der Waals surface area contributed by atoms with Crippen molar-refractivity contribution < 1.29 is 14.3 Å². The highest BCUT2D eigenvalue weighted by Crippen LogP contribution is 2.23. The number of rotatable bonds is 4. The molecule has 1 aliphatic heterocycles. The van der Waals surface area contributed by atoms with Crippen LogP contribution in [-0.4, -0.2) is 46.9 Å². The van der Waals surface area contributed by atoms with Crippen LogP contribution in [0.15, 0.2) is 36.5 Å². The van der Waals surface area contributed by atoms with Crippen molar-refractivity contribution in [3.8, 4) is 5.75 Å². The highest BCUT2D eigenvalue weighted by atomic mass is 35.5. The zero-order valence-corrected chi connectivity index (χ0v) is 12.7. The summed E-state index contributed by atoms with van der Waals surface area (Å²) in [4.78, 5) is 14.2. The first kappa shape index (κ1) is 14.9. The van der Waals surface area contributed by atoms with E-state index in [9.17, 15) is 4.79 Å². The van der Waals surface area contributed by atoms with Crippen LogP contribution in [0.3, 0.4) is 0 Å². The van der Waals surface area contributed by atoms with Gasteiger partial charge in [0.2, 0.25) is 0 Å². The smallest absolute Gasteiger partial charge is 0.272 e. The van der Waals surface area contributed by atoms with Crippen LogP contribution in [0.5, 0.6) is 5.75 Å². The number of carbonyl (C=O) groups excluding carboxylic acids is 1. The molecule has 1 aromatic carbocycles. The molecule has 0 spiro atoms. The number of hydrogen-bond donors (Lipinski definition) is 0. The van der Waals surface area contributed by atoms with Crippen molar-refractivity contribution in [1.82, 2.24) is 14.7 Å². The fraction of sp³-hybridized carbons (Fsp3) is 0.333. The van der Waals surface area contributed by atoms with Gasteiger partial charge in [-0.1, -0.05) is 23.7 Å². The van der Waals surface area contributed by atoms with Crippen LogP contribution in [-0.2, 0) is 11.5 Å². The Kier molecular flexibility index (Phi) is 4.60. The third-order valence-electron chi connectivity index (χ3n) is 3.41. The number of morpholine rings is 1. The minimum atomic E-state index is -0.0661. The lowest BCUT2D eigenvalue weighted by molar-refractivity contribution is 0.0290. The predicted molar refractivity (Wildman–Crippen MR) is 81.0 cm³/mol. The summed E-state index contributed by atoms with van der Waals surface area (Å²) in [5.74, 6) is 0.494. The van der Waals surface area contributed by atoms with Gasteiger partial charge in [-0.15, -0.1) is 0 Å². The SMILES string of the molecule is O=C(c1ccnn1COc1ccccc1Cl)N1CCOCC1. The first-order valence-corrected chi connectivity index (χ1v) is 7.39. The van der Waals surface area contributed by atoms with Crippen LogP contribution in [0.25, 0.3) is 0 Å². The van der Waals surface area contributed by atoms with E-state index in [1.807, 2.05) is 12.1 Å². The molecule has 22 heavy (non-hydrogen) atoms. The van der Waals surface area contributed by atoms with E-state index in [1.54, 1.807) is 29.3 Å². The van der Waals surface area contributed by atoms with Crippen LogP contribution in [0.2, 0.25) is 5.02 Å². The Labute approximate surface area is 133 Å². The standard InChI is InChI=1S/C15H16ClN3O3/c16-12-3-1-2-4-14(12)22-11-19-13(5-6-17-19)15(20)18-7-9-21-10-8-18/h1-6H,7-11H2. The lowest BCUT2D eigenvalue weighted by Crippen LogP contribution is -2.41. The van der Waals surface area contributed by atoms with Gasteiger partial charge in [-0.05, 0) is 18.2 Å². The van der Waals surface area contributed by atoms with E-state index in [4.69, 9.17) is 21.1 Å². The topological polar surface area (TPSA) is 56.6 Å². The van der Waals surface area contributed by atoms with Crippen LogP contribution < -0.4 is 4.74 Å². The largest absolute Gasteiger partial charge is 0.470 e. The number of amides is 1. The first-order valence-electron chi connectivity index (χ1n) is 7.02. The maximum absolute atomic E-state index is 12.5. The molecule has 0 unspecified atom stereocenters. The monoisotopic (exact) mass is 321 g/mol. The van der Waals surface area contributed by atoms with E-state index >= 15 is 0 Å². The minimum absolute atomic E-state index is 0.0661. The maximum atomic E-state index is 12.5. The molecule has 0 aliphatic carbocycles. The molecular formula is C15H16ClN3O3. The van der Waals surface area contributed by atoms with Gasteiger partial charge in [-0.3, -0.25) is 4.79 Å². The van der Waals surface area contributed by atoms with Crippen LogP contribution in [0.1, 0.15) is 10.5 Å². The van der Waals surface area contributed by atoms with Gasteiger partial charge in [0, 0.05) is 19.3 Å². The van der Waals surface area contributed by atoms with E-state index in [1.165, 1.54) is 4.68 Å². The summed E-state index contributed by atoms with van der Waals surface area (Å²) in [6, 6.07) is 8.88. The number of para-hydroxylation sites is 1. The number of carbonyl (C=O) groups is 1. The summed E-state index contributed by atoms with van der Waals surface area (Å²) in [5.41, 5.74) is 0.494. The predicted octanol–water partition coefficient (Wildman–Crippen LogP) is 2.05. The number of hydrogen-bond acceptors (Lipinski definition) is 4. The van der Waals surface area contributed by atoms with E-state index in [2.05, 4.69) is 5.10 Å². The molecule has 6 nitrogen and oxygen atoms in total. The van der Waals surface area contributed by atoms with Crippen LogP contribution in [0, 0.1) is 0 Å². The zero-order chi connectivity index (χ0) is 15.4. The molecule has 0 atom stereocenters. The third-order valence-corrected chi connectivity index (χ3v) is 3.73. The summed E-state index contributed by atoms with van der Waals surface area (Å²) in [7, 11) is 0. The number of nitrogens with zero attached hydrogens (tertiary/aromatic N) is 3. The van der Waals surface area contributed by atoms with Gasteiger partial charge in [-0.25, -0.2) is 4.68 Å². The Morgan fingerprint density at radius 1 is 1.27 bits per heavy atom. The van der Waals surface area contributed by atoms with Crippen LogP contribution in [0.4, 0.5) is 0 Å². The van der Waals surface area contributed by atoms with Gasteiger partial charge in [0.1, 0.15) is 11.4 Å². The Morgan fingerprint density at radius 3 is 2.82 bits per heavy atom. The molecule has 0 radical (unpaired) electrons. The Morgan fingerprint density at radius 2 is 2.05 bits per heavy atom. The van der Waals surface area contributed by atoms with Crippen LogP contribution >= 0.6 is 11.6 Å². The quantitative estimate of drug-likeness (QED) is 0.865. The van der Waals surface area contributed by atoms with Gasteiger partial charge < -0.3 is 14.4 Å². The van der Waals surface area contributed by atoms with E-state index in [0.29, 0.717) is 42.8 Å². The first-order chi connectivity index (χ1) is 10.8. The molecule has 0 N–H and O–H groups in total. The average molecular weight is 322 g/mol. The second kappa shape index (κ2) is 6.81. The number of aromatic nitrogens is 2. The minimum Gasteiger partial charge on any atom is -0.470 e. The summed E-state index contributed by atoms with van der Waals surface area (Å²) in [6.07, 6.45) is 1.59. The highest BCUT2D eigenvalue weighted by Gasteiger charge is 2.21. The highest BCUT2D eigenvalue weighted by molar-refractivity contribution is 6.32. The van der Waals surface area contributed by atoms with Crippen molar-refractivity contribution in [2.75, 3.05) is 26.3 Å². The lowest BCUT2D eigenvalue weighted by atomic mass is 10.3. The van der Waals surface area contributed by atoms with Gasteiger partial charge in [0.05, 0.1) is 18.2 Å². The van der Waals surface area contributed by atoms with Gasteiger partial charge in [0.15, 0.2) is 6.73 Å². The molecule has 3 rings (SSSR count). The molecule has 2 aromatic rings. The van der Waals surface area contributed by atoms with Crippen molar-refractivity contribution in [2.24, 2.45) is 0 Å². The van der Waals surface area contributed by atoms with Gasteiger partial charge >= 0.3 is 0 Å². The fourth-order valence-electron chi connectivity index (χ4n) is 2.24. The maximum Gasteiger partial charge on any atom is 0.272 e. The normalized spacial score (nSPS) is 14.9. The van der Waals surface area contributed by atoms with Gasteiger partial charge in [0.25, 0.3) is 5.91 Å². The molecule has 0 bridgehead atoms. The summed E-state index contributed by atoms with van der Waals surface area (Å²) < 4.78 is 12.4. The summed E-state index contributed by atoms with van der Waals surface area (Å²) in [6.45, 7) is 2.44. The second-order valence-corrected chi connectivity index (χ2v) is 5.23. The molecule has 1 amide bonds. The van der Waals surface area contributed by atoms with E-state index in [0.717, 1.165) is 0 Å². The molecule has 1 saturated heterocycles. The van der Waals surface area contributed by atoms with Crippen molar-refractivity contribution in [2.45, 2.75) is 6.73 Å². The molecule has 1 aromatic heterocycles. The molecular weight excluding hydrogens is 306 g/mol. The van der Waals surface area contributed by atoms with Crippen molar-refractivity contribution in [3.05, 3.63) is 47.2 Å². The van der Waals surface area contributed by atoms with E-state index in [-0.39, 0.29) is 12.6 Å². The van der Waals surface area contributed by atoms with E-state index < -0.39 is 0 Å². The number of ether oxygens (including phenoxy) is 2. The fourth-order valence-corrected chi connectivity index (χ4v) is 2.43. The number of benzene rings is 1. The Hall–Kier alpha value is -2.05. The molecule has 0 saturated carbocycles.